The first-order valence-electron chi connectivity index (χ1n) is 9.02. The number of rotatable bonds is 6. The largest absolute Gasteiger partial charge is 0.321 e. The second-order valence-electron chi connectivity index (χ2n) is 6.65. The number of hydrogen-bond donors (Lipinski definition) is 1. The number of anilines is 1. The monoisotopic (exact) mass is 487 g/mol. The van der Waals surface area contributed by atoms with Gasteiger partial charge in [0.2, 0.25) is 0 Å². The van der Waals surface area contributed by atoms with E-state index >= 15 is 0 Å². The summed E-state index contributed by atoms with van der Waals surface area (Å²) >= 11 is 11.3. The molecule has 0 heterocycles. The van der Waals surface area contributed by atoms with Crippen LogP contribution in [0.3, 0.4) is 0 Å². The molecule has 3 aromatic rings. The minimum absolute atomic E-state index is 0.253. The van der Waals surface area contributed by atoms with Crippen LogP contribution in [0.15, 0.2) is 76.1 Å². The molecular formula is C23H19BrClNO2S. The molecular weight excluding hydrogens is 470 g/mol. The third-order valence-corrected chi connectivity index (χ3v) is 5.88. The zero-order valence-corrected chi connectivity index (χ0v) is 19.1. The Morgan fingerprint density at radius 1 is 0.966 bits per heavy atom. The molecule has 3 rings (SSSR count). The number of carbonyl (C=O) groups is 2. The SMILES string of the molecule is CC(C)Sc1cccc(C(=O)Nc2ccc(Br)cc2C(=O)c2ccccc2Cl)c1. The summed E-state index contributed by atoms with van der Waals surface area (Å²) in [7, 11) is 0. The summed E-state index contributed by atoms with van der Waals surface area (Å²) in [6.07, 6.45) is 0. The summed E-state index contributed by atoms with van der Waals surface area (Å²) in [5.74, 6) is -0.525. The third-order valence-electron chi connectivity index (χ3n) is 4.06. The molecule has 29 heavy (non-hydrogen) atoms. The van der Waals surface area contributed by atoms with Gasteiger partial charge in [-0.25, -0.2) is 0 Å². The first kappa shape index (κ1) is 21.6. The summed E-state index contributed by atoms with van der Waals surface area (Å²) in [6, 6.07) is 19.5. The lowest BCUT2D eigenvalue weighted by molar-refractivity contribution is 0.102. The second kappa shape index (κ2) is 9.61. The van der Waals surface area contributed by atoms with Gasteiger partial charge in [0, 0.05) is 31.3 Å². The maximum absolute atomic E-state index is 13.1. The smallest absolute Gasteiger partial charge is 0.255 e. The number of hydrogen-bond acceptors (Lipinski definition) is 3. The highest BCUT2D eigenvalue weighted by molar-refractivity contribution is 9.10. The van der Waals surface area contributed by atoms with Gasteiger partial charge in [0.15, 0.2) is 5.78 Å². The fourth-order valence-corrected chi connectivity index (χ4v) is 4.26. The van der Waals surface area contributed by atoms with Crippen LogP contribution >= 0.6 is 39.3 Å². The van der Waals surface area contributed by atoms with E-state index in [0.29, 0.717) is 32.7 Å². The zero-order valence-electron chi connectivity index (χ0n) is 15.9. The Balaban J connectivity index is 1.91. The summed E-state index contributed by atoms with van der Waals surface area (Å²) < 4.78 is 0.737. The van der Waals surface area contributed by atoms with Crippen LogP contribution < -0.4 is 5.32 Å². The van der Waals surface area contributed by atoms with Gasteiger partial charge in [0.25, 0.3) is 5.91 Å². The van der Waals surface area contributed by atoms with Gasteiger partial charge in [0.05, 0.1) is 10.7 Å². The summed E-state index contributed by atoms with van der Waals surface area (Å²) in [4.78, 5) is 26.9. The van der Waals surface area contributed by atoms with Crippen molar-refractivity contribution in [2.75, 3.05) is 5.32 Å². The van der Waals surface area contributed by atoms with Crippen LogP contribution in [0.2, 0.25) is 5.02 Å². The van der Waals surface area contributed by atoms with Crippen molar-refractivity contribution >= 4 is 56.7 Å². The molecule has 1 amide bonds. The van der Waals surface area contributed by atoms with Gasteiger partial charge in [0.1, 0.15) is 0 Å². The fourth-order valence-electron chi connectivity index (χ4n) is 2.78. The normalized spacial score (nSPS) is 10.8. The van der Waals surface area contributed by atoms with Crippen LogP contribution in [0.4, 0.5) is 5.69 Å². The van der Waals surface area contributed by atoms with Crippen molar-refractivity contribution in [3.8, 4) is 0 Å². The second-order valence-corrected chi connectivity index (χ2v) is 9.62. The maximum atomic E-state index is 13.1. The van der Waals surface area contributed by atoms with E-state index in [0.717, 1.165) is 9.37 Å². The van der Waals surface area contributed by atoms with E-state index < -0.39 is 0 Å². The molecule has 0 bridgehead atoms. The predicted octanol–water partition coefficient (Wildman–Crippen LogP) is 7.09. The van der Waals surface area contributed by atoms with E-state index in [1.54, 1.807) is 60.3 Å². The Labute approximate surface area is 188 Å². The van der Waals surface area contributed by atoms with Crippen LogP contribution in [-0.4, -0.2) is 16.9 Å². The highest BCUT2D eigenvalue weighted by Gasteiger charge is 2.19. The van der Waals surface area contributed by atoms with E-state index in [4.69, 9.17) is 11.6 Å². The van der Waals surface area contributed by atoms with Crippen LogP contribution in [0.5, 0.6) is 0 Å². The van der Waals surface area contributed by atoms with Crippen molar-refractivity contribution in [3.05, 3.63) is 92.9 Å². The highest BCUT2D eigenvalue weighted by Crippen LogP contribution is 2.28. The van der Waals surface area contributed by atoms with Crippen molar-refractivity contribution < 1.29 is 9.59 Å². The van der Waals surface area contributed by atoms with Crippen LogP contribution in [0.25, 0.3) is 0 Å². The van der Waals surface area contributed by atoms with E-state index in [1.807, 2.05) is 18.2 Å². The summed E-state index contributed by atoms with van der Waals surface area (Å²) in [5.41, 5.74) is 1.73. The molecule has 148 valence electrons. The van der Waals surface area contributed by atoms with Crippen LogP contribution in [-0.2, 0) is 0 Å². The number of nitrogens with one attached hydrogen (secondary N) is 1. The molecule has 0 aliphatic carbocycles. The topological polar surface area (TPSA) is 46.2 Å². The average Bonchev–Trinajstić information content (AvgIpc) is 2.69. The van der Waals surface area contributed by atoms with Gasteiger partial charge < -0.3 is 5.32 Å². The van der Waals surface area contributed by atoms with E-state index in [-0.39, 0.29) is 11.7 Å². The average molecular weight is 489 g/mol. The molecule has 0 aromatic heterocycles. The molecule has 0 saturated carbocycles. The Morgan fingerprint density at radius 3 is 2.45 bits per heavy atom. The Hall–Kier alpha value is -2.08. The fraction of sp³-hybridized carbons (Fsp3) is 0.130. The van der Waals surface area contributed by atoms with Crippen molar-refractivity contribution in [1.29, 1.82) is 0 Å². The van der Waals surface area contributed by atoms with Gasteiger partial charge in [-0.15, -0.1) is 11.8 Å². The molecule has 3 nitrogen and oxygen atoms in total. The molecule has 0 atom stereocenters. The van der Waals surface area contributed by atoms with Crippen molar-refractivity contribution in [2.45, 2.75) is 24.0 Å². The minimum Gasteiger partial charge on any atom is -0.321 e. The van der Waals surface area contributed by atoms with Gasteiger partial charge in [-0.1, -0.05) is 59.6 Å². The molecule has 0 unspecified atom stereocenters. The highest BCUT2D eigenvalue weighted by atomic mass is 79.9. The Kier molecular flexibility index (Phi) is 7.17. The molecule has 6 heteroatoms. The number of carbonyl (C=O) groups excluding carboxylic acids is 2. The number of amides is 1. The molecule has 0 aliphatic rings. The van der Waals surface area contributed by atoms with Gasteiger partial charge in [-0.3, -0.25) is 9.59 Å². The van der Waals surface area contributed by atoms with E-state index in [9.17, 15) is 9.59 Å². The van der Waals surface area contributed by atoms with Crippen molar-refractivity contribution in [2.24, 2.45) is 0 Å². The lowest BCUT2D eigenvalue weighted by Crippen LogP contribution is -2.15. The van der Waals surface area contributed by atoms with Crippen molar-refractivity contribution in [3.63, 3.8) is 0 Å². The summed E-state index contributed by atoms with van der Waals surface area (Å²) in [5, 5.41) is 3.66. The maximum Gasteiger partial charge on any atom is 0.255 e. The predicted molar refractivity (Wildman–Crippen MR) is 124 cm³/mol. The van der Waals surface area contributed by atoms with Crippen LogP contribution in [0.1, 0.15) is 40.1 Å². The Morgan fingerprint density at radius 2 is 1.72 bits per heavy atom. The quantitative estimate of drug-likeness (QED) is 0.298. The van der Waals surface area contributed by atoms with E-state index in [1.165, 1.54) is 0 Å². The van der Waals surface area contributed by atoms with Crippen molar-refractivity contribution in [1.82, 2.24) is 0 Å². The lowest BCUT2D eigenvalue weighted by Gasteiger charge is -2.13. The van der Waals surface area contributed by atoms with Gasteiger partial charge >= 0.3 is 0 Å². The third kappa shape index (κ3) is 5.50. The standard InChI is InChI=1S/C23H19BrClNO2S/c1-14(2)29-17-7-5-6-15(12-17)23(28)26-21-11-10-16(24)13-19(21)22(27)18-8-3-4-9-20(18)25/h3-14H,1-2H3,(H,26,28). The van der Waals surface area contributed by atoms with Gasteiger partial charge in [-0.2, -0.15) is 0 Å². The molecule has 0 radical (unpaired) electrons. The number of benzene rings is 3. The van der Waals surface area contributed by atoms with Crippen LogP contribution in [0, 0.1) is 0 Å². The zero-order chi connectivity index (χ0) is 21.0. The number of thioether (sulfide) groups is 1. The number of ketones is 1. The molecule has 0 saturated heterocycles. The number of halogens is 2. The first-order chi connectivity index (χ1) is 13.8. The molecule has 1 N–H and O–H groups in total. The Bertz CT molecular complexity index is 1070. The van der Waals surface area contributed by atoms with E-state index in [2.05, 4.69) is 35.1 Å². The molecule has 3 aromatic carbocycles. The summed E-state index contributed by atoms with van der Waals surface area (Å²) in [6.45, 7) is 4.21. The van der Waals surface area contributed by atoms with Gasteiger partial charge in [-0.05, 0) is 48.5 Å². The molecule has 0 spiro atoms. The minimum atomic E-state index is -0.272. The molecule has 0 aliphatic heterocycles. The lowest BCUT2D eigenvalue weighted by atomic mass is 10.0. The molecule has 0 fully saturated rings. The first-order valence-corrected chi connectivity index (χ1v) is 11.1.